The molecule has 2 heterocycles. The predicted octanol–water partition coefficient (Wildman–Crippen LogP) is 1.60. The molecular formula is C15H23N3O2. The van der Waals surface area contributed by atoms with Gasteiger partial charge in [0.15, 0.2) is 0 Å². The molecule has 5 nitrogen and oxygen atoms in total. The first-order valence-corrected chi connectivity index (χ1v) is 7.34. The summed E-state index contributed by atoms with van der Waals surface area (Å²) in [6, 6.07) is 3.61. The van der Waals surface area contributed by atoms with Crippen LogP contribution >= 0.6 is 0 Å². The van der Waals surface area contributed by atoms with Gasteiger partial charge in [-0.25, -0.2) is 4.98 Å². The van der Waals surface area contributed by atoms with E-state index in [0.717, 1.165) is 37.9 Å². The third-order valence-electron chi connectivity index (χ3n) is 3.86. The first-order chi connectivity index (χ1) is 9.65. The molecule has 1 aromatic heterocycles. The molecule has 0 spiro atoms. The number of amides is 1. The number of pyridine rings is 1. The number of nitrogens with two attached hydrogens (primary N) is 1. The van der Waals surface area contributed by atoms with Crippen LogP contribution in [-0.2, 0) is 6.42 Å². The van der Waals surface area contributed by atoms with Gasteiger partial charge in [0, 0.05) is 30.5 Å². The van der Waals surface area contributed by atoms with Crippen LogP contribution in [0.2, 0.25) is 0 Å². The summed E-state index contributed by atoms with van der Waals surface area (Å²) in [5, 5.41) is 9.15. The predicted molar refractivity (Wildman–Crippen MR) is 78.4 cm³/mol. The number of nitrogen functional groups attached to an aromatic ring is 1. The number of nitrogens with zero attached hydrogens (tertiary/aromatic N) is 2. The van der Waals surface area contributed by atoms with Gasteiger partial charge in [-0.15, -0.1) is 0 Å². The second-order valence-corrected chi connectivity index (χ2v) is 5.29. The van der Waals surface area contributed by atoms with Gasteiger partial charge in [-0.3, -0.25) is 4.79 Å². The maximum Gasteiger partial charge on any atom is 0.254 e. The summed E-state index contributed by atoms with van der Waals surface area (Å²) in [5.41, 5.74) is 7.22. The van der Waals surface area contributed by atoms with E-state index in [1.54, 1.807) is 6.07 Å². The van der Waals surface area contributed by atoms with Gasteiger partial charge in [-0.05, 0) is 44.2 Å². The van der Waals surface area contributed by atoms with E-state index < -0.39 is 0 Å². The summed E-state index contributed by atoms with van der Waals surface area (Å²) in [4.78, 5) is 18.8. The summed E-state index contributed by atoms with van der Waals surface area (Å²) in [6.07, 6.45) is 4.51. The van der Waals surface area contributed by atoms with E-state index in [1.165, 1.54) is 0 Å². The summed E-state index contributed by atoms with van der Waals surface area (Å²) in [7, 11) is 0. The maximum atomic E-state index is 12.7. The largest absolute Gasteiger partial charge is 0.396 e. The Balaban J connectivity index is 2.22. The molecule has 1 unspecified atom stereocenters. The standard InChI is InChI=1S/C15H23N3O2/c1-2-12-9-11(10-14(16)17-12)15(20)18-7-4-3-5-13(18)6-8-19/h9-10,13,19H,2-8H2,1H3,(H2,16,17). The molecule has 3 N–H and O–H groups in total. The average Bonchev–Trinajstić information content (AvgIpc) is 2.46. The maximum absolute atomic E-state index is 12.7. The lowest BCUT2D eigenvalue weighted by molar-refractivity contribution is 0.0574. The highest BCUT2D eigenvalue weighted by Gasteiger charge is 2.27. The van der Waals surface area contributed by atoms with Crippen LogP contribution in [0.1, 0.15) is 48.7 Å². The van der Waals surface area contributed by atoms with E-state index >= 15 is 0 Å². The van der Waals surface area contributed by atoms with E-state index in [2.05, 4.69) is 4.98 Å². The van der Waals surface area contributed by atoms with Crippen LogP contribution in [-0.4, -0.2) is 40.1 Å². The number of hydrogen-bond acceptors (Lipinski definition) is 4. The van der Waals surface area contributed by atoms with Crippen molar-refractivity contribution in [3.05, 3.63) is 23.4 Å². The van der Waals surface area contributed by atoms with E-state index in [9.17, 15) is 4.79 Å². The number of aliphatic hydroxyl groups excluding tert-OH is 1. The monoisotopic (exact) mass is 277 g/mol. The number of anilines is 1. The lowest BCUT2D eigenvalue weighted by Crippen LogP contribution is -2.44. The first-order valence-electron chi connectivity index (χ1n) is 7.34. The molecule has 5 heteroatoms. The first kappa shape index (κ1) is 14.8. The van der Waals surface area contributed by atoms with E-state index in [-0.39, 0.29) is 18.6 Å². The minimum atomic E-state index is 0.00644. The highest BCUT2D eigenvalue weighted by Crippen LogP contribution is 2.22. The zero-order chi connectivity index (χ0) is 14.5. The molecule has 1 saturated heterocycles. The van der Waals surface area contributed by atoms with Gasteiger partial charge >= 0.3 is 0 Å². The molecule has 2 rings (SSSR count). The molecule has 1 fully saturated rings. The van der Waals surface area contributed by atoms with Gasteiger partial charge in [-0.2, -0.15) is 0 Å². The van der Waals surface area contributed by atoms with Crippen LogP contribution in [0.15, 0.2) is 12.1 Å². The van der Waals surface area contributed by atoms with E-state index in [4.69, 9.17) is 10.8 Å². The Morgan fingerprint density at radius 2 is 2.30 bits per heavy atom. The van der Waals surface area contributed by atoms with Crippen molar-refractivity contribution >= 4 is 11.7 Å². The number of aliphatic hydroxyl groups is 1. The third-order valence-corrected chi connectivity index (χ3v) is 3.86. The van der Waals surface area contributed by atoms with Crippen LogP contribution in [0.5, 0.6) is 0 Å². The Bertz CT molecular complexity index is 474. The molecule has 0 aromatic carbocycles. The molecule has 0 aliphatic carbocycles. The summed E-state index contributed by atoms with van der Waals surface area (Å²) >= 11 is 0. The molecule has 0 radical (unpaired) electrons. The number of carbonyl (C=O) groups excluding carboxylic acids is 1. The Morgan fingerprint density at radius 1 is 1.50 bits per heavy atom. The Labute approximate surface area is 119 Å². The van der Waals surface area contributed by atoms with Crippen LogP contribution < -0.4 is 5.73 Å². The molecule has 1 aliphatic heterocycles. The Kier molecular flexibility index (Phi) is 4.95. The quantitative estimate of drug-likeness (QED) is 0.876. The lowest BCUT2D eigenvalue weighted by Gasteiger charge is -2.35. The van der Waals surface area contributed by atoms with Crippen LogP contribution in [0.25, 0.3) is 0 Å². The summed E-state index contributed by atoms with van der Waals surface area (Å²) in [5.74, 6) is 0.398. The average molecular weight is 277 g/mol. The fraction of sp³-hybridized carbons (Fsp3) is 0.600. The van der Waals surface area contributed by atoms with E-state index in [1.807, 2.05) is 17.9 Å². The third kappa shape index (κ3) is 3.28. The summed E-state index contributed by atoms with van der Waals surface area (Å²) < 4.78 is 0. The lowest BCUT2D eigenvalue weighted by atomic mass is 9.98. The topological polar surface area (TPSA) is 79.5 Å². The van der Waals surface area contributed by atoms with Crippen LogP contribution in [0.4, 0.5) is 5.82 Å². The van der Waals surface area contributed by atoms with Crippen molar-refractivity contribution in [1.82, 2.24) is 9.88 Å². The smallest absolute Gasteiger partial charge is 0.254 e. The SMILES string of the molecule is CCc1cc(C(=O)N2CCCCC2CCO)cc(N)n1. The highest BCUT2D eigenvalue weighted by molar-refractivity contribution is 5.95. The number of likely N-dealkylation sites (tertiary alicyclic amines) is 1. The fourth-order valence-corrected chi connectivity index (χ4v) is 2.80. The van der Waals surface area contributed by atoms with E-state index in [0.29, 0.717) is 17.8 Å². The van der Waals surface area contributed by atoms with Gasteiger partial charge < -0.3 is 15.7 Å². The molecule has 110 valence electrons. The van der Waals surface area contributed by atoms with Crippen molar-refractivity contribution in [1.29, 1.82) is 0 Å². The van der Waals surface area contributed by atoms with Crippen LogP contribution in [0.3, 0.4) is 0 Å². The van der Waals surface area contributed by atoms with Crippen molar-refractivity contribution in [2.45, 2.75) is 45.1 Å². The molecule has 1 aromatic rings. The van der Waals surface area contributed by atoms with Crippen molar-refractivity contribution in [2.24, 2.45) is 0 Å². The van der Waals surface area contributed by atoms with Gasteiger partial charge in [0.2, 0.25) is 0 Å². The number of hydrogen-bond donors (Lipinski definition) is 2. The van der Waals surface area contributed by atoms with Gasteiger partial charge in [-0.1, -0.05) is 6.92 Å². The number of rotatable bonds is 4. The molecule has 0 bridgehead atoms. The van der Waals surface area contributed by atoms with Crippen LogP contribution in [0, 0.1) is 0 Å². The Morgan fingerprint density at radius 3 is 3.00 bits per heavy atom. The summed E-state index contributed by atoms with van der Waals surface area (Å²) in [6.45, 7) is 2.87. The Hall–Kier alpha value is -1.62. The minimum absolute atomic E-state index is 0.00644. The zero-order valence-electron chi connectivity index (χ0n) is 12.0. The minimum Gasteiger partial charge on any atom is -0.396 e. The molecule has 0 saturated carbocycles. The molecular weight excluding hydrogens is 254 g/mol. The second kappa shape index (κ2) is 6.70. The van der Waals surface area contributed by atoms with Crippen molar-refractivity contribution in [2.75, 3.05) is 18.9 Å². The number of aromatic nitrogens is 1. The highest BCUT2D eigenvalue weighted by atomic mass is 16.3. The number of piperidine rings is 1. The molecule has 1 atom stereocenters. The second-order valence-electron chi connectivity index (χ2n) is 5.29. The zero-order valence-corrected chi connectivity index (χ0v) is 12.0. The molecule has 1 aliphatic rings. The number of aryl methyl sites for hydroxylation is 1. The van der Waals surface area contributed by atoms with Gasteiger partial charge in [0.1, 0.15) is 5.82 Å². The normalized spacial score (nSPS) is 19.1. The fourth-order valence-electron chi connectivity index (χ4n) is 2.80. The molecule has 20 heavy (non-hydrogen) atoms. The van der Waals surface area contributed by atoms with Gasteiger partial charge in [0.05, 0.1) is 0 Å². The molecule has 1 amide bonds. The van der Waals surface area contributed by atoms with Gasteiger partial charge in [0.25, 0.3) is 5.91 Å². The van der Waals surface area contributed by atoms with Crippen molar-refractivity contribution in [3.8, 4) is 0 Å². The van der Waals surface area contributed by atoms with Crippen molar-refractivity contribution < 1.29 is 9.90 Å². The number of carbonyl (C=O) groups is 1. The van der Waals surface area contributed by atoms with Crippen molar-refractivity contribution in [3.63, 3.8) is 0 Å².